The number of halogens is 1. The molecular formula is C11H7ClN4O3. The largest absolute Gasteiger partial charge is 0.477 e. The van der Waals surface area contributed by atoms with Crippen molar-refractivity contribution >= 4 is 29.2 Å². The summed E-state index contributed by atoms with van der Waals surface area (Å²) in [5.74, 6) is -1.73. The van der Waals surface area contributed by atoms with Gasteiger partial charge in [0.05, 0.1) is 12.4 Å². The van der Waals surface area contributed by atoms with E-state index in [0.29, 0.717) is 5.69 Å². The summed E-state index contributed by atoms with van der Waals surface area (Å²) in [6, 6.07) is 2.69. The first-order chi connectivity index (χ1) is 9.06. The number of amides is 1. The number of carbonyl (C=O) groups excluding carboxylic acids is 1. The summed E-state index contributed by atoms with van der Waals surface area (Å²) in [5, 5.41) is 11.4. The number of hydrogen-bond donors (Lipinski definition) is 2. The van der Waals surface area contributed by atoms with Gasteiger partial charge in [-0.25, -0.2) is 14.8 Å². The third-order valence-corrected chi connectivity index (χ3v) is 2.26. The zero-order valence-corrected chi connectivity index (χ0v) is 10.1. The summed E-state index contributed by atoms with van der Waals surface area (Å²) >= 11 is 5.62. The van der Waals surface area contributed by atoms with Crippen LogP contribution >= 0.6 is 11.6 Å². The maximum atomic E-state index is 11.8. The van der Waals surface area contributed by atoms with Crippen LogP contribution in [0.5, 0.6) is 0 Å². The topological polar surface area (TPSA) is 105 Å². The van der Waals surface area contributed by atoms with Crippen LogP contribution < -0.4 is 5.32 Å². The second-order valence-electron chi connectivity index (χ2n) is 3.42. The van der Waals surface area contributed by atoms with Crippen LogP contribution in [0, 0.1) is 0 Å². The first kappa shape index (κ1) is 12.9. The minimum absolute atomic E-state index is 0.0289. The lowest BCUT2D eigenvalue weighted by Crippen LogP contribution is -2.14. The fourth-order valence-corrected chi connectivity index (χ4v) is 1.42. The van der Waals surface area contributed by atoms with Crippen molar-refractivity contribution in [2.75, 3.05) is 5.32 Å². The molecule has 1 amide bonds. The number of rotatable bonds is 3. The minimum Gasteiger partial charge on any atom is -0.477 e. The van der Waals surface area contributed by atoms with E-state index in [1.807, 2.05) is 0 Å². The average Bonchev–Trinajstić information content (AvgIpc) is 2.39. The van der Waals surface area contributed by atoms with Crippen LogP contribution in [0.2, 0.25) is 5.15 Å². The van der Waals surface area contributed by atoms with Gasteiger partial charge < -0.3 is 10.4 Å². The molecular weight excluding hydrogens is 272 g/mol. The number of carboxylic acids is 1. The molecule has 0 unspecified atom stereocenters. The van der Waals surface area contributed by atoms with Gasteiger partial charge in [-0.1, -0.05) is 11.6 Å². The molecule has 2 heterocycles. The van der Waals surface area contributed by atoms with E-state index in [2.05, 4.69) is 20.3 Å². The Labute approximate surface area is 112 Å². The predicted octanol–water partition coefficient (Wildman–Crippen LogP) is 1.48. The molecule has 7 nitrogen and oxygen atoms in total. The second kappa shape index (κ2) is 5.40. The monoisotopic (exact) mass is 278 g/mol. The molecule has 2 aromatic heterocycles. The molecule has 2 N–H and O–H groups in total. The van der Waals surface area contributed by atoms with Crippen LogP contribution in [0.1, 0.15) is 21.0 Å². The fraction of sp³-hybridized carbons (Fsp3) is 0. The van der Waals surface area contributed by atoms with E-state index in [9.17, 15) is 9.59 Å². The Morgan fingerprint density at radius 3 is 2.74 bits per heavy atom. The maximum Gasteiger partial charge on any atom is 0.354 e. The van der Waals surface area contributed by atoms with E-state index < -0.39 is 11.9 Å². The summed E-state index contributed by atoms with van der Waals surface area (Å²) in [4.78, 5) is 33.7. The highest BCUT2D eigenvalue weighted by Gasteiger charge is 2.11. The molecule has 96 valence electrons. The molecule has 0 aromatic carbocycles. The first-order valence-electron chi connectivity index (χ1n) is 5.04. The van der Waals surface area contributed by atoms with E-state index in [1.165, 1.54) is 30.7 Å². The third kappa shape index (κ3) is 3.23. The number of aromatic carboxylic acids is 1. The molecule has 0 atom stereocenters. The van der Waals surface area contributed by atoms with Crippen molar-refractivity contribution < 1.29 is 14.7 Å². The quantitative estimate of drug-likeness (QED) is 0.881. The number of pyridine rings is 1. The van der Waals surface area contributed by atoms with Crippen LogP contribution in [0.4, 0.5) is 5.69 Å². The number of anilines is 1. The van der Waals surface area contributed by atoms with E-state index in [1.54, 1.807) is 0 Å². The summed E-state index contributed by atoms with van der Waals surface area (Å²) in [7, 11) is 0. The van der Waals surface area contributed by atoms with Gasteiger partial charge in [0.2, 0.25) is 0 Å². The van der Waals surface area contributed by atoms with E-state index >= 15 is 0 Å². The van der Waals surface area contributed by atoms with E-state index in [0.717, 1.165) is 0 Å². The third-order valence-electron chi connectivity index (χ3n) is 2.07. The molecule has 0 saturated carbocycles. The Kier molecular flexibility index (Phi) is 3.67. The van der Waals surface area contributed by atoms with Crippen molar-refractivity contribution in [2.45, 2.75) is 0 Å². The molecule has 0 aliphatic heterocycles. The molecule has 19 heavy (non-hydrogen) atoms. The molecule has 0 aliphatic carbocycles. The van der Waals surface area contributed by atoms with Gasteiger partial charge in [-0.2, -0.15) is 0 Å². The number of carboxylic acid groups (broad SMARTS) is 1. The van der Waals surface area contributed by atoms with Gasteiger partial charge >= 0.3 is 5.97 Å². The number of nitrogens with one attached hydrogen (secondary N) is 1. The van der Waals surface area contributed by atoms with Gasteiger partial charge in [-0.15, -0.1) is 0 Å². The van der Waals surface area contributed by atoms with Crippen molar-refractivity contribution in [3.8, 4) is 0 Å². The Morgan fingerprint density at radius 1 is 1.26 bits per heavy atom. The highest BCUT2D eigenvalue weighted by atomic mass is 35.5. The lowest BCUT2D eigenvalue weighted by molar-refractivity contribution is 0.0690. The Hall–Kier alpha value is -2.54. The normalized spacial score (nSPS) is 9.95. The molecule has 2 rings (SSSR count). The predicted molar refractivity (Wildman–Crippen MR) is 66.2 cm³/mol. The Balaban J connectivity index is 2.19. The smallest absolute Gasteiger partial charge is 0.354 e. The summed E-state index contributed by atoms with van der Waals surface area (Å²) < 4.78 is 0. The fourth-order valence-electron chi connectivity index (χ4n) is 1.27. The van der Waals surface area contributed by atoms with Gasteiger partial charge in [-0.3, -0.25) is 9.78 Å². The van der Waals surface area contributed by atoms with Gasteiger partial charge in [0.1, 0.15) is 16.5 Å². The van der Waals surface area contributed by atoms with Crippen LogP contribution in [-0.4, -0.2) is 31.9 Å². The number of aromatic nitrogens is 3. The van der Waals surface area contributed by atoms with Crippen molar-refractivity contribution in [1.82, 2.24) is 15.0 Å². The van der Waals surface area contributed by atoms with Gasteiger partial charge in [0.15, 0.2) is 0 Å². The molecule has 0 radical (unpaired) electrons. The second-order valence-corrected chi connectivity index (χ2v) is 3.80. The van der Waals surface area contributed by atoms with Gasteiger partial charge in [0, 0.05) is 11.9 Å². The molecule has 0 bridgehead atoms. The zero-order chi connectivity index (χ0) is 13.8. The van der Waals surface area contributed by atoms with Crippen LogP contribution in [0.15, 0.2) is 30.7 Å². The summed E-state index contributed by atoms with van der Waals surface area (Å²) in [5.41, 5.74) is 0.148. The number of hydrogen-bond acceptors (Lipinski definition) is 5. The van der Waals surface area contributed by atoms with E-state index in [-0.39, 0.29) is 16.5 Å². The number of carbonyl (C=O) groups is 2. The van der Waals surface area contributed by atoms with Crippen LogP contribution in [0.3, 0.4) is 0 Å². The molecule has 2 aromatic rings. The van der Waals surface area contributed by atoms with Crippen LogP contribution in [0.25, 0.3) is 0 Å². The van der Waals surface area contributed by atoms with E-state index in [4.69, 9.17) is 16.7 Å². The first-order valence-corrected chi connectivity index (χ1v) is 5.42. The molecule has 8 heteroatoms. The Morgan fingerprint density at radius 2 is 2.05 bits per heavy atom. The SMILES string of the molecule is O=C(O)c1cc(NC(=O)c2cncc(Cl)n2)ccn1. The highest BCUT2D eigenvalue weighted by molar-refractivity contribution is 6.29. The van der Waals surface area contributed by atoms with Crippen LogP contribution in [-0.2, 0) is 0 Å². The number of nitrogens with zero attached hydrogens (tertiary/aromatic N) is 3. The summed E-state index contributed by atoms with van der Waals surface area (Å²) in [6.07, 6.45) is 3.83. The molecule has 0 fully saturated rings. The standard InChI is InChI=1S/C11H7ClN4O3/c12-9-5-13-4-8(16-9)10(17)15-6-1-2-14-7(3-6)11(18)19/h1-5H,(H,18,19)(H,14,15,17). The van der Waals surface area contributed by atoms with Crippen molar-refractivity contribution in [2.24, 2.45) is 0 Å². The minimum atomic E-state index is -1.18. The Bertz CT molecular complexity index is 647. The molecule has 0 spiro atoms. The highest BCUT2D eigenvalue weighted by Crippen LogP contribution is 2.10. The van der Waals surface area contributed by atoms with Gasteiger partial charge in [0.25, 0.3) is 5.91 Å². The summed E-state index contributed by atoms with van der Waals surface area (Å²) in [6.45, 7) is 0. The zero-order valence-electron chi connectivity index (χ0n) is 9.37. The van der Waals surface area contributed by atoms with Crippen molar-refractivity contribution in [1.29, 1.82) is 0 Å². The maximum absolute atomic E-state index is 11.8. The van der Waals surface area contributed by atoms with Crippen molar-refractivity contribution in [3.63, 3.8) is 0 Å². The lowest BCUT2D eigenvalue weighted by Gasteiger charge is -2.04. The lowest BCUT2D eigenvalue weighted by atomic mass is 10.3. The molecule has 0 aliphatic rings. The average molecular weight is 279 g/mol. The van der Waals surface area contributed by atoms with Gasteiger partial charge in [-0.05, 0) is 12.1 Å². The van der Waals surface area contributed by atoms with Crippen molar-refractivity contribution in [3.05, 3.63) is 47.3 Å². The molecule has 0 saturated heterocycles.